The van der Waals surface area contributed by atoms with Crippen LogP contribution in [-0.4, -0.2) is 20.7 Å². The van der Waals surface area contributed by atoms with Crippen LogP contribution in [0.2, 0.25) is 18.1 Å². The van der Waals surface area contributed by atoms with E-state index in [0.717, 1.165) is 19.4 Å². The molecule has 0 heterocycles. The summed E-state index contributed by atoms with van der Waals surface area (Å²) in [4.78, 5) is 11.5. The fourth-order valence-electron chi connectivity index (χ4n) is 2.54. The van der Waals surface area contributed by atoms with Gasteiger partial charge < -0.3 is 4.43 Å². The summed E-state index contributed by atoms with van der Waals surface area (Å²) in [5.41, 5.74) is 0. The van der Waals surface area contributed by atoms with Gasteiger partial charge in [-0.1, -0.05) is 20.8 Å². The minimum Gasteiger partial charge on any atom is -0.417 e. The van der Waals surface area contributed by atoms with Crippen molar-refractivity contribution in [2.45, 2.75) is 51.7 Å². The lowest BCUT2D eigenvalue weighted by Crippen LogP contribution is -2.41. The zero-order valence-corrected chi connectivity index (χ0v) is 12.2. The van der Waals surface area contributed by atoms with Crippen LogP contribution in [0.3, 0.4) is 0 Å². The van der Waals surface area contributed by atoms with Gasteiger partial charge in [0.15, 0.2) is 8.32 Å². The van der Waals surface area contributed by atoms with Crippen molar-refractivity contribution in [1.29, 1.82) is 0 Å². The summed E-state index contributed by atoms with van der Waals surface area (Å²) in [7, 11) is -1.61. The molecule has 0 aliphatic heterocycles. The first-order valence-corrected chi connectivity index (χ1v) is 9.31. The van der Waals surface area contributed by atoms with Crippen molar-refractivity contribution in [3.8, 4) is 0 Å². The van der Waals surface area contributed by atoms with E-state index in [4.69, 9.17) is 4.43 Å². The maximum absolute atomic E-state index is 11.5. The first kappa shape index (κ1) is 12.3. The van der Waals surface area contributed by atoms with Crippen molar-refractivity contribution in [3.63, 3.8) is 0 Å². The van der Waals surface area contributed by atoms with Gasteiger partial charge in [0.2, 0.25) is 0 Å². The molecule has 2 nitrogen and oxygen atoms in total. The van der Waals surface area contributed by atoms with E-state index >= 15 is 0 Å². The van der Waals surface area contributed by atoms with Crippen molar-refractivity contribution in [1.82, 2.24) is 0 Å². The SMILES string of the molecule is CC(C)(C)[Si](C)(C)OCC1C2CCC(=O)C21. The van der Waals surface area contributed by atoms with Gasteiger partial charge >= 0.3 is 0 Å². The topological polar surface area (TPSA) is 26.3 Å². The molecule has 0 aromatic heterocycles. The summed E-state index contributed by atoms with van der Waals surface area (Å²) in [6, 6.07) is 0. The van der Waals surface area contributed by atoms with Crippen molar-refractivity contribution in [2.75, 3.05) is 6.61 Å². The second-order valence-corrected chi connectivity index (χ2v) is 11.7. The van der Waals surface area contributed by atoms with Crippen LogP contribution in [-0.2, 0) is 9.22 Å². The third kappa shape index (κ3) is 1.99. The number of hydrogen-bond donors (Lipinski definition) is 0. The van der Waals surface area contributed by atoms with Crippen LogP contribution in [0, 0.1) is 17.8 Å². The maximum atomic E-state index is 11.5. The molecule has 0 N–H and O–H groups in total. The predicted octanol–water partition coefficient (Wildman–Crippen LogP) is 3.23. The average molecular weight is 240 g/mol. The molecule has 0 aromatic rings. The van der Waals surface area contributed by atoms with Gasteiger partial charge in [-0.2, -0.15) is 0 Å². The molecule has 0 radical (unpaired) electrons. The number of carbonyl (C=O) groups is 1. The monoisotopic (exact) mass is 240 g/mol. The van der Waals surface area contributed by atoms with E-state index in [1.807, 2.05) is 0 Å². The van der Waals surface area contributed by atoms with Gasteiger partial charge in [0, 0.05) is 18.9 Å². The molecule has 3 heteroatoms. The molecular formula is C13H24O2Si. The summed E-state index contributed by atoms with van der Waals surface area (Å²) >= 11 is 0. The molecule has 0 spiro atoms. The Balaban J connectivity index is 1.84. The molecule has 0 amide bonds. The minimum atomic E-state index is -1.61. The number of fused-ring (bicyclic) bond motifs is 1. The third-order valence-electron chi connectivity index (χ3n) is 4.87. The maximum Gasteiger partial charge on any atom is 0.191 e. The molecule has 0 bridgehead atoms. The highest BCUT2D eigenvalue weighted by Crippen LogP contribution is 2.56. The quantitative estimate of drug-likeness (QED) is 0.708. The predicted molar refractivity (Wildman–Crippen MR) is 67.9 cm³/mol. The number of Topliss-reactive ketones (excluding diaryl/α,β-unsaturated/α-hetero) is 1. The molecule has 2 rings (SSSR count). The van der Waals surface area contributed by atoms with Crippen LogP contribution in [0.1, 0.15) is 33.6 Å². The van der Waals surface area contributed by atoms with E-state index in [-0.39, 0.29) is 5.04 Å². The van der Waals surface area contributed by atoms with E-state index in [0.29, 0.717) is 23.5 Å². The highest BCUT2D eigenvalue weighted by atomic mass is 28.4. The van der Waals surface area contributed by atoms with Gasteiger partial charge in [-0.3, -0.25) is 4.79 Å². The van der Waals surface area contributed by atoms with Crippen LogP contribution in [0.5, 0.6) is 0 Å². The lowest BCUT2D eigenvalue weighted by molar-refractivity contribution is -0.119. The molecule has 2 aliphatic carbocycles. The van der Waals surface area contributed by atoms with E-state index in [9.17, 15) is 4.79 Å². The van der Waals surface area contributed by atoms with E-state index in [1.54, 1.807) is 0 Å². The summed E-state index contributed by atoms with van der Waals surface area (Å²) in [5.74, 6) is 2.12. The molecule has 16 heavy (non-hydrogen) atoms. The zero-order valence-electron chi connectivity index (χ0n) is 11.2. The van der Waals surface area contributed by atoms with E-state index in [1.165, 1.54) is 0 Å². The van der Waals surface area contributed by atoms with Crippen LogP contribution in [0.25, 0.3) is 0 Å². The Morgan fingerprint density at radius 1 is 1.38 bits per heavy atom. The summed E-state index contributed by atoms with van der Waals surface area (Å²) in [6.45, 7) is 12.2. The fraction of sp³-hybridized carbons (Fsp3) is 0.923. The molecule has 92 valence electrons. The normalized spacial score (nSPS) is 34.1. The number of hydrogen-bond acceptors (Lipinski definition) is 2. The lowest BCUT2D eigenvalue weighted by atomic mass is 10.1. The number of carbonyl (C=O) groups excluding carboxylic acids is 1. The highest BCUT2D eigenvalue weighted by Gasteiger charge is 2.58. The molecule has 3 unspecified atom stereocenters. The Morgan fingerprint density at radius 3 is 2.44 bits per heavy atom. The number of ketones is 1. The Kier molecular flexibility index (Phi) is 2.82. The van der Waals surface area contributed by atoms with Crippen LogP contribution in [0.4, 0.5) is 0 Å². The molecule has 2 saturated carbocycles. The van der Waals surface area contributed by atoms with Crippen molar-refractivity contribution in [3.05, 3.63) is 0 Å². The van der Waals surface area contributed by atoms with Crippen molar-refractivity contribution >= 4 is 14.1 Å². The van der Waals surface area contributed by atoms with Crippen molar-refractivity contribution < 1.29 is 9.22 Å². The smallest absolute Gasteiger partial charge is 0.191 e. The molecule has 0 saturated heterocycles. The average Bonchev–Trinajstić information content (AvgIpc) is 2.71. The van der Waals surface area contributed by atoms with E-state index in [2.05, 4.69) is 33.9 Å². The third-order valence-corrected chi connectivity index (χ3v) is 9.37. The van der Waals surface area contributed by atoms with Gasteiger partial charge in [0.05, 0.1) is 0 Å². The summed E-state index contributed by atoms with van der Waals surface area (Å²) in [5, 5.41) is 0.279. The standard InChI is InChI=1S/C13H24O2Si/c1-13(2,3)16(4,5)15-8-10-9-6-7-11(14)12(9)10/h9-10,12H,6-8H2,1-5H3. The number of rotatable bonds is 3. The molecule has 2 aliphatic rings. The largest absolute Gasteiger partial charge is 0.417 e. The molecule has 3 atom stereocenters. The van der Waals surface area contributed by atoms with Crippen LogP contribution >= 0.6 is 0 Å². The highest BCUT2D eigenvalue weighted by molar-refractivity contribution is 6.74. The summed E-state index contributed by atoms with van der Waals surface area (Å²) in [6.07, 6.45) is 1.95. The van der Waals surface area contributed by atoms with Gasteiger partial charge in [0.25, 0.3) is 0 Å². The van der Waals surface area contributed by atoms with Crippen LogP contribution < -0.4 is 0 Å². The van der Waals surface area contributed by atoms with E-state index < -0.39 is 8.32 Å². The first-order valence-electron chi connectivity index (χ1n) is 6.41. The molecule has 2 fully saturated rings. The Hall–Kier alpha value is -0.153. The zero-order chi connectivity index (χ0) is 12.1. The van der Waals surface area contributed by atoms with Gasteiger partial charge in [-0.25, -0.2) is 0 Å². The summed E-state index contributed by atoms with van der Waals surface area (Å²) < 4.78 is 6.19. The fourth-order valence-corrected chi connectivity index (χ4v) is 3.58. The lowest BCUT2D eigenvalue weighted by Gasteiger charge is -2.36. The Bertz CT molecular complexity index is 304. The Labute approximate surface area is 99.9 Å². The van der Waals surface area contributed by atoms with Crippen LogP contribution in [0.15, 0.2) is 0 Å². The minimum absolute atomic E-state index is 0.279. The first-order chi connectivity index (χ1) is 7.24. The molecular weight excluding hydrogens is 216 g/mol. The van der Waals surface area contributed by atoms with Gasteiger partial charge in [0.1, 0.15) is 5.78 Å². The van der Waals surface area contributed by atoms with Gasteiger partial charge in [-0.05, 0) is 36.4 Å². The Morgan fingerprint density at radius 2 is 2.00 bits per heavy atom. The molecule has 0 aromatic carbocycles. The van der Waals surface area contributed by atoms with Gasteiger partial charge in [-0.15, -0.1) is 0 Å². The second kappa shape index (κ2) is 3.67. The second-order valence-electron chi connectivity index (χ2n) is 6.93. The van der Waals surface area contributed by atoms with Crippen molar-refractivity contribution in [2.24, 2.45) is 17.8 Å².